The topological polar surface area (TPSA) is 35.5 Å². The smallest absolute Gasteiger partial charge is 0.341 e. The molecular weight excluding hydrogens is 296 g/mol. The Bertz CT molecular complexity index is 593. The van der Waals surface area contributed by atoms with Gasteiger partial charge in [-0.3, -0.25) is 0 Å². The van der Waals surface area contributed by atoms with Crippen molar-refractivity contribution >= 4 is 32.7 Å². The van der Waals surface area contributed by atoms with Crippen molar-refractivity contribution in [2.45, 2.75) is 6.92 Å². The minimum absolute atomic E-state index is 0.348. The third kappa shape index (κ3) is 2.34. The van der Waals surface area contributed by atoms with E-state index in [2.05, 4.69) is 15.9 Å². The second-order valence-corrected chi connectivity index (χ2v) is 4.65. The Kier molecular flexibility index (Phi) is 3.87. The van der Waals surface area contributed by atoms with Gasteiger partial charge in [-0.25, -0.2) is 4.79 Å². The van der Waals surface area contributed by atoms with Gasteiger partial charge >= 0.3 is 5.97 Å². The van der Waals surface area contributed by atoms with Crippen LogP contribution in [0.4, 0.5) is 0 Å². The maximum Gasteiger partial charge on any atom is 0.341 e. The molecule has 18 heavy (non-hydrogen) atoms. The summed E-state index contributed by atoms with van der Waals surface area (Å²) in [4.78, 5) is 11.8. The van der Waals surface area contributed by atoms with E-state index < -0.39 is 0 Å². The fraction of sp³-hybridized carbons (Fsp3) is 0.214. The van der Waals surface area contributed by atoms with Crippen LogP contribution in [-0.2, 0) is 4.74 Å². The van der Waals surface area contributed by atoms with Crippen molar-refractivity contribution in [2.75, 3.05) is 13.7 Å². The molecule has 2 aromatic rings. The summed E-state index contributed by atoms with van der Waals surface area (Å²) in [6.07, 6.45) is 0. The van der Waals surface area contributed by atoms with Crippen LogP contribution in [0.3, 0.4) is 0 Å². The second-order valence-electron chi connectivity index (χ2n) is 3.73. The lowest BCUT2D eigenvalue weighted by Crippen LogP contribution is -2.06. The highest BCUT2D eigenvalue weighted by molar-refractivity contribution is 9.10. The summed E-state index contributed by atoms with van der Waals surface area (Å²) >= 11 is 3.42. The zero-order valence-electron chi connectivity index (χ0n) is 10.2. The maximum atomic E-state index is 11.8. The minimum atomic E-state index is -0.362. The third-order valence-electron chi connectivity index (χ3n) is 2.63. The first kappa shape index (κ1) is 12.9. The fourth-order valence-corrected chi connectivity index (χ4v) is 2.24. The van der Waals surface area contributed by atoms with Crippen LogP contribution in [0.5, 0.6) is 5.75 Å². The van der Waals surface area contributed by atoms with Gasteiger partial charge in [0.15, 0.2) is 0 Å². The van der Waals surface area contributed by atoms with Crippen LogP contribution >= 0.6 is 15.9 Å². The van der Waals surface area contributed by atoms with Gasteiger partial charge in [0, 0.05) is 9.86 Å². The number of benzene rings is 2. The molecule has 0 unspecified atom stereocenters. The second kappa shape index (κ2) is 5.40. The Hall–Kier alpha value is -1.55. The molecular formula is C14H13BrO3. The first-order valence-corrected chi connectivity index (χ1v) is 6.40. The van der Waals surface area contributed by atoms with E-state index in [1.54, 1.807) is 20.1 Å². The van der Waals surface area contributed by atoms with E-state index in [0.29, 0.717) is 17.9 Å². The van der Waals surface area contributed by atoms with Crippen molar-refractivity contribution in [3.05, 3.63) is 40.4 Å². The van der Waals surface area contributed by atoms with Gasteiger partial charge in [0.25, 0.3) is 0 Å². The van der Waals surface area contributed by atoms with E-state index in [9.17, 15) is 4.79 Å². The molecule has 94 valence electrons. The highest BCUT2D eigenvalue weighted by Gasteiger charge is 2.16. The van der Waals surface area contributed by atoms with Crippen molar-refractivity contribution < 1.29 is 14.3 Å². The number of rotatable bonds is 3. The van der Waals surface area contributed by atoms with Crippen molar-refractivity contribution in [3.8, 4) is 5.75 Å². The number of esters is 1. The molecule has 2 rings (SSSR count). The van der Waals surface area contributed by atoms with Crippen LogP contribution in [0.15, 0.2) is 34.8 Å². The number of methoxy groups -OCH3 is 1. The summed E-state index contributed by atoms with van der Waals surface area (Å²) < 4.78 is 11.4. The number of carbonyl (C=O) groups excluding carboxylic acids is 1. The van der Waals surface area contributed by atoms with Gasteiger partial charge in [-0.05, 0) is 36.6 Å². The molecule has 0 N–H and O–H groups in total. The third-order valence-corrected chi connectivity index (χ3v) is 3.13. The summed E-state index contributed by atoms with van der Waals surface area (Å²) in [7, 11) is 1.56. The van der Waals surface area contributed by atoms with Crippen LogP contribution in [0.2, 0.25) is 0 Å². The normalized spacial score (nSPS) is 10.4. The lowest BCUT2D eigenvalue weighted by molar-refractivity contribution is 0.0523. The van der Waals surface area contributed by atoms with Gasteiger partial charge in [-0.1, -0.05) is 22.0 Å². The fourth-order valence-electron chi connectivity index (χ4n) is 1.86. The lowest BCUT2D eigenvalue weighted by Gasteiger charge is -2.11. The van der Waals surface area contributed by atoms with Crippen LogP contribution in [0.25, 0.3) is 10.8 Å². The van der Waals surface area contributed by atoms with Gasteiger partial charge in [-0.15, -0.1) is 0 Å². The summed E-state index contributed by atoms with van der Waals surface area (Å²) in [5.74, 6) is 0.192. The number of hydrogen-bond acceptors (Lipinski definition) is 3. The molecule has 3 nitrogen and oxygen atoms in total. The highest BCUT2D eigenvalue weighted by atomic mass is 79.9. The first-order chi connectivity index (χ1) is 8.67. The van der Waals surface area contributed by atoms with Gasteiger partial charge < -0.3 is 9.47 Å². The van der Waals surface area contributed by atoms with Crippen LogP contribution in [0.1, 0.15) is 17.3 Å². The highest BCUT2D eigenvalue weighted by Crippen LogP contribution is 2.31. The largest absolute Gasteiger partial charge is 0.495 e. The molecule has 0 fully saturated rings. The molecule has 4 heteroatoms. The summed E-state index contributed by atoms with van der Waals surface area (Å²) in [5, 5.41) is 1.90. The zero-order chi connectivity index (χ0) is 13.1. The average molecular weight is 309 g/mol. The van der Waals surface area contributed by atoms with Gasteiger partial charge in [0.2, 0.25) is 0 Å². The van der Waals surface area contributed by atoms with E-state index in [0.717, 1.165) is 15.2 Å². The number of halogens is 1. The van der Waals surface area contributed by atoms with E-state index in [1.807, 2.05) is 24.3 Å². The Morgan fingerprint density at radius 1 is 1.28 bits per heavy atom. The molecule has 0 saturated heterocycles. The molecule has 0 aliphatic heterocycles. The molecule has 0 atom stereocenters. The zero-order valence-corrected chi connectivity index (χ0v) is 11.8. The van der Waals surface area contributed by atoms with Gasteiger partial charge in [0.1, 0.15) is 11.3 Å². The van der Waals surface area contributed by atoms with Crippen molar-refractivity contribution in [3.63, 3.8) is 0 Å². The van der Waals surface area contributed by atoms with Crippen molar-refractivity contribution in [1.82, 2.24) is 0 Å². The van der Waals surface area contributed by atoms with E-state index in [1.165, 1.54) is 0 Å². The van der Waals surface area contributed by atoms with Crippen LogP contribution < -0.4 is 4.74 Å². The van der Waals surface area contributed by atoms with E-state index in [4.69, 9.17) is 9.47 Å². The molecule has 0 bridgehead atoms. The summed E-state index contributed by atoms with van der Waals surface area (Å²) in [6.45, 7) is 2.13. The Labute approximate surface area is 114 Å². The monoisotopic (exact) mass is 308 g/mol. The lowest BCUT2D eigenvalue weighted by atomic mass is 10.1. The van der Waals surface area contributed by atoms with Crippen molar-refractivity contribution in [1.29, 1.82) is 0 Å². The maximum absolute atomic E-state index is 11.8. The molecule has 0 saturated carbocycles. The van der Waals surface area contributed by atoms with E-state index >= 15 is 0 Å². The Balaban J connectivity index is 2.62. The first-order valence-electron chi connectivity index (χ1n) is 5.60. The summed E-state index contributed by atoms with van der Waals surface area (Å²) in [5.41, 5.74) is 0.453. The number of fused-ring (bicyclic) bond motifs is 1. The van der Waals surface area contributed by atoms with Crippen molar-refractivity contribution in [2.24, 2.45) is 0 Å². The molecule has 0 heterocycles. The minimum Gasteiger partial charge on any atom is -0.495 e. The van der Waals surface area contributed by atoms with Gasteiger partial charge in [-0.2, -0.15) is 0 Å². The van der Waals surface area contributed by atoms with Crippen LogP contribution in [-0.4, -0.2) is 19.7 Å². The predicted octanol–water partition coefficient (Wildman–Crippen LogP) is 3.79. The molecule has 0 radical (unpaired) electrons. The molecule has 0 aliphatic carbocycles. The SMILES string of the molecule is CCOC(=O)c1ccc2cc(Br)ccc2c1OC. The quantitative estimate of drug-likeness (QED) is 0.809. The molecule has 0 spiro atoms. The van der Waals surface area contributed by atoms with E-state index in [-0.39, 0.29) is 5.97 Å². The van der Waals surface area contributed by atoms with Crippen LogP contribution in [0, 0.1) is 0 Å². The standard InChI is InChI=1S/C14H13BrO3/c1-3-18-14(16)12-6-4-9-8-10(15)5-7-11(9)13(12)17-2/h4-8H,3H2,1-2H3. The van der Waals surface area contributed by atoms with Gasteiger partial charge in [0.05, 0.1) is 13.7 Å². The molecule has 2 aromatic carbocycles. The molecule has 0 aromatic heterocycles. The predicted molar refractivity (Wildman–Crippen MR) is 74.2 cm³/mol. The average Bonchev–Trinajstić information content (AvgIpc) is 2.37. The number of ether oxygens (including phenoxy) is 2. The Morgan fingerprint density at radius 3 is 2.72 bits per heavy atom. The molecule has 0 aliphatic rings. The molecule has 0 amide bonds. The number of hydrogen-bond donors (Lipinski definition) is 0. The Morgan fingerprint density at radius 2 is 2.06 bits per heavy atom. The summed E-state index contributed by atoms with van der Waals surface area (Å²) in [6, 6.07) is 9.42. The number of carbonyl (C=O) groups is 1.